The molecule has 0 bridgehead atoms. The molecule has 0 amide bonds. The number of halogens is 4. The molecule has 0 N–H and O–H groups in total. The summed E-state index contributed by atoms with van der Waals surface area (Å²) in [6.07, 6.45) is 0.893. The predicted molar refractivity (Wildman–Crippen MR) is 88.1 cm³/mol. The van der Waals surface area contributed by atoms with Crippen LogP contribution in [0, 0.1) is 0 Å². The lowest BCUT2D eigenvalue weighted by molar-refractivity contribution is 0.354. The summed E-state index contributed by atoms with van der Waals surface area (Å²) in [6.45, 7) is 0.699. The van der Waals surface area contributed by atoms with Gasteiger partial charge in [0.15, 0.2) is 0 Å². The van der Waals surface area contributed by atoms with Crippen molar-refractivity contribution in [1.29, 1.82) is 0 Å². The molecule has 6 heteroatoms. The van der Waals surface area contributed by atoms with E-state index in [4.69, 9.17) is 27.9 Å². The van der Waals surface area contributed by atoms with Gasteiger partial charge in [0.1, 0.15) is 5.75 Å². The van der Waals surface area contributed by atoms with Gasteiger partial charge in [-0.1, -0.05) is 11.6 Å². The van der Waals surface area contributed by atoms with Crippen LogP contribution in [0.15, 0.2) is 26.5 Å². The molecule has 3 rings (SSSR count). The van der Waals surface area contributed by atoms with Crippen molar-refractivity contribution in [2.75, 3.05) is 6.61 Å². The molecule has 2 heterocycles. The van der Waals surface area contributed by atoms with E-state index in [2.05, 4.69) is 31.9 Å². The Hall–Kier alpha value is 0.260. The third kappa shape index (κ3) is 2.70. The number of rotatable bonds is 2. The van der Waals surface area contributed by atoms with E-state index >= 15 is 0 Å². The van der Waals surface area contributed by atoms with Crippen molar-refractivity contribution in [3.63, 3.8) is 0 Å². The van der Waals surface area contributed by atoms with Gasteiger partial charge in [-0.05, 0) is 55.6 Å². The summed E-state index contributed by atoms with van der Waals surface area (Å²) in [6, 6.07) is 5.87. The zero-order chi connectivity index (χ0) is 13.6. The minimum atomic E-state index is -0.252. The largest absolute Gasteiger partial charge is 0.493 e. The van der Waals surface area contributed by atoms with E-state index in [0.717, 1.165) is 36.4 Å². The van der Waals surface area contributed by atoms with E-state index < -0.39 is 0 Å². The summed E-state index contributed by atoms with van der Waals surface area (Å²) < 4.78 is 7.75. The molecule has 0 saturated heterocycles. The highest BCUT2D eigenvalue weighted by Gasteiger charge is 2.24. The van der Waals surface area contributed by atoms with Crippen LogP contribution in [0.2, 0.25) is 5.02 Å². The van der Waals surface area contributed by atoms with E-state index in [0.29, 0.717) is 11.6 Å². The normalized spacial score (nSPS) is 15.2. The fraction of sp³-hybridized carbons (Fsp3) is 0.231. The van der Waals surface area contributed by atoms with Crippen molar-refractivity contribution in [3.8, 4) is 5.75 Å². The first-order valence-corrected chi connectivity index (χ1v) is 8.82. The molecule has 2 aromatic rings. The van der Waals surface area contributed by atoms with Gasteiger partial charge >= 0.3 is 0 Å². The Labute approximate surface area is 142 Å². The minimum absolute atomic E-state index is 0.252. The molecule has 1 unspecified atom stereocenters. The first-order valence-electron chi connectivity index (χ1n) is 5.60. The molecule has 0 aliphatic carbocycles. The van der Waals surface area contributed by atoms with Crippen molar-refractivity contribution < 1.29 is 4.74 Å². The lowest BCUT2D eigenvalue weighted by Gasteiger charge is -2.13. The lowest BCUT2D eigenvalue weighted by atomic mass is 10.0. The van der Waals surface area contributed by atoms with E-state index in [9.17, 15) is 0 Å². The van der Waals surface area contributed by atoms with E-state index in [1.807, 2.05) is 18.2 Å². The van der Waals surface area contributed by atoms with Gasteiger partial charge in [-0.25, -0.2) is 0 Å². The fourth-order valence-electron chi connectivity index (χ4n) is 2.13. The average molecular weight is 443 g/mol. The Balaban J connectivity index is 2.07. The summed E-state index contributed by atoms with van der Waals surface area (Å²) in [5, 5.41) is 0.456. The monoisotopic (exact) mass is 440 g/mol. The Morgan fingerprint density at radius 3 is 2.74 bits per heavy atom. The van der Waals surface area contributed by atoms with Gasteiger partial charge in [-0.2, -0.15) is 0 Å². The smallest absolute Gasteiger partial charge is 0.127 e. The van der Waals surface area contributed by atoms with Crippen molar-refractivity contribution in [2.24, 2.45) is 0 Å². The Kier molecular flexibility index (Phi) is 4.16. The van der Waals surface area contributed by atoms with Gasteiger partial charge in [0, 0.05) is 26.4 Å². The van der Waals surface area contributed by atoms with E-state index in [1.165, 1.54) is 0 Å². The molecule has 1 atom stereocenters. The Morgan fingerprint density at radius 2 is 2.05 bits per heavy atom. The van der Waals surface area contributed by atoms with Gasteiger partial charge < -0.3 is 4.74 Å². The van der Waals surface area contributed by atoms with Gasteiger partial charge in [0.25, 0.3) is 0 Å². The number of fused-ring (bicyclic) bond motifs is 1. The highest BCUT2D eigenvalue weighted by molar-refractivity contribution is 9.13. The third-order valence-corrected chi connectivity index (χ3v) is 7.10. The molecular weight excluding hydrogens is 435 g/mol. The molecule has 100 valence electrons. The second kappa shape index (κ2) is 5.57. The molecular formula is C13H8Br2Cl2OS. The quantitative estimate of drug-likeness (QED) is 0.504. The summed E-state index contributed by atoms with van der Waals surface area (Å²) in [5.74, 6) is 0.894. The number of hydrogen-bond acceptors (Lipinski definition) is 2. The molecule has 1 aromatic heterocycles. The van der Waals surface area contributed by atoms with Crippen LogP contribution in [0.4, 0.5) is 0 Å². The third-order valence-electron chi connectivity index (χ3n) is 2.96. The fourth-order valence-corrected chi connectivity index (χ4v) is 4.82. The summed E-state index contributed by atoms with van der Waals surface area (Å²) in [5.41, 5.74) is 2.09. The summed E-state index contributed by atoms with van der Waals surface area (Å²) >= 11 is 21.3. The van der Waals surface area contributed by atoms with Crippen LogP contribution in [0.5, 0.6) is 5.75 Å². The van der Waals surface area contributed by atoms with Crippen LogP contribution in [0.25, 0.3) is 0 Å². The highest BCUT2D eigenvalue weighted by atomic mass is 79.9. The Bertz CT molecular complexity index is 622. The van der Waals surface area contributed by atoms with E-state index in [1.54, 1.807) is 11.3 Å². The summed E-state index contributed by atoms with van der Waals surface area (Å²) in [7, 11) is 0. The number of benzene rings is 1. The van der Waals surface area contributed by atoms with Crippen LogP contribution in [-0.4, -0.2) is 6.61 Å². The average Bonchev–Trinajstić information content (AvgIpc) is 2.95. The van der Waals surface area contributed by atoms with Gasteiger partial charge in [-0.3, -0.25) is 0 Å². The van der Waals surface area contributed by atoms with E-state index in [-0.39, 0.29) is 5.38 Å². The molecule has 0 fully saturated rings. The maximum Gasteiger partial charge on any atom is 0.127 e. The maximum atomic E-state index is 6.60. The molecule has 1 nitrogen and oxygen atoms in total. The molecule has 0 saturated carbocycles. The van der Waals surface area contributed by atoms with Crippen LogP contribution in [0.3, 0.4) is 0 Å². The maximum absolute atomic E-state index is 6.60. The topological polar surface area (TPSA) is 9.23 Å². The SMILES string of the molecule is Clc1cc2c(c(C(Cl)c3cc(Br)c(Br)s3)c1)OCC2. The van der Waals surface area contributed by atoms with Gasteiger partial charge in [0.05, 0.1) is 15.8 Å². The standard InChI is InChI=1S/C13H8Br2Cl2OS/c14-9-5-10(19-13(9)15)11(17)8-4-7(16)3-6-1-2-18-12(6)8/h3-5,11H,1-2H2. The minimum Gasteiger partial charge on any atom is -0.493 e. The number of thiophene rings is 1. The van der Waals surface area contributed by atoms with Crippen LogP contribution in [0.1, 0.15) is 21.4 Å². The van der Waals surface area contributed by atoms with Crippen molar-refractivity contribution in [1.82, 2.24) is 0 Å². The molecule has 19 heavy (non-hydrogen) atoms. The van der Waals surface area contributed by atoms with Crippen molar-refractivity contribution >= 4 is 66.4 Å². The molecule has 1 aliphatic rings. The number of ether oxygens (including phenoxy) is 1. The lowest BCUT2D eigenvalue weighted by Crippen LogP contribution is -1.95. The zero-order valence-corrected chi connectivity index (χ0v) is 15.1. The molecule has 0 spiro atoms. The zero-order valence-electron chi connectivity index (χ0n) is 9.55. The molecule has 1 aliphatic heterocycles. The van der Waals surface area contributed by atoms with Gasteiger partial charge in [0.2, 0.25) is 0 Å². The van der Waals surface area contributed by atoms with Crippen LogP contribution < -0.4 is 4.74 Å². The first kappa shape index (κ1) is 14.2. The van der Waals surface area contributed by atoms with Gasteiger partial charge in [-0.15, -0.1) is 22.9 Å². The number of alkyl halides is 1. The Morgan fingerprint density at radius 1 is 1.26 bits per heavy atom. The summed E-state index contributed by atoms with van der Waals surface area (Å²) in [4.78, 5) is 1.06. The van der Waals surface area contributed by atoms with Crippen LogP contribution >= 0.6 is 66.4 Å². The molecule has 0 radical (unpaired) electrons. The first-order chi connectivity index (χ1) is 9.06. The predicted octanol–water partition coefficient (Wildman–Crippen LogP) is 6.19. The second-order valence-electron chi connectivity index (χ2n) is 4.21. The van der Waals surface area contributed by atoms with Crippen molar-refractivity contribution in [3.05, 3.63) is 47.5 Å². The highest BCUT2D eigenvalue weighted by Crippen LogP contribution is 2.45. The van der Waals surface area contributed by atoms with Crippen LogP contribution in [-0.2, 0) is 6.42 Å². The molecule has 1 aromatic carbocycles. The second-order valence-corrected chi connectivity index (χ2v) is 8.34. The van der Waals surface area contributed by atoms with Crippen molar-refractivity contribution in [2.45, 2.75) is 11.8 Å². The number of hydrogen-bond donors (Lipinski definition) is 0.